The summed E-state index contributed by atoms with van der Waals surface area (Å²) in [6.45, 7) is 8.99. The second kappa shape index (κ2) is 6.01. The topological polar surface area (TPSA) is 32.3 Å². The van der Waals surface area contributed by atoms with Crippen molar-refractivity contribution < 1.29 is 5.11 Å². The summed E-state index contributed by atoms with van der Waals surface area (Å²) >= 11 is 0. The average Bonchev–Trinajstić information content (AvgIpc) is 2.12. The molecule has 0 saturated heterocycles. The van der Waals surface area contributed by atoms with Crippen molar-refractivity contribution in [2.24, 2.45) is 0 Å². The van der Waals surface area contributed by atoms with Crippen LogP contribution in [0.3, 0.4) is 0 Å². The van der Waals surface area contributed by atoms with Crippen LogP contribution in [0.15, 0.2) is 11.6 Å². The summed E-state index contributed by atoms with van der Waals surface area (Å²) in [5.41, 5.74) is 0.602. The van der Waals surface area contributed by atoms with Crippen LogP contribution in [0.4, 0.5) is 0 Å². The van der Waals surface area contributed by atoms with E-state index >= 15 is 0 Å². The maximum atomic E-state index is 10.6. The Morgan fingerprint density at radius 3 is 2.41 bits per heavy atom. The number of nitrogens with one attached hydrogen (secondary N) is 1. The van der Waals surface area contributed by atoms with Crippen LogP contribution in [0.5, 0.6) is 0 Å². The van der Waals surface area contributed by atoms with Gasteiger partial charge in [-0.1, -0.05) is 18.9 Å². The maximum Gasteiger partial charge on any atom is 0.0952 e. The van der Waals surface area contributed by atoms with E-state index < -0.39 is 5.60 Å². The van der Waals surface area contributed by atoms with E-state index in [1.807, 2.05) is 6.92 Å². The van der Waals surface area contributed by atoms with Crippen molar-refractivity contribution in [3.05, 3.63) is 11.6 Å². The number of aliphatic hydroxyl groups is 1. The fourth-order valence-electron chi connectivity index (χ4n) is 2.23. The Balaban J connectivity index is 2.60. The highest BCUT2D eigenvalue weighted by Crippen LogP contribution is 2.26. The Labute approximate surface area is 106 Å². The first-order chi connectivity index (χ1) is 7.81. The van der Waals surface area contributed by atoms with E-state index in [0.717, 1.165) is 12.8 Å². The summed E-state index contributed by atoms with van der Waals surface area (Å²) in [4.78, 5) is 0. The molecule has 0 aromatic heterocycles. The fourth-order valence-corrected chi connectivity index (χ4v) is 2.23. The van der Waals surface area contributed by atoms with Crippen LogP contribution in [0.25, 0.3) is 0 Å². The molecule has 1 atom stereocenters. The normalized spacial score (nSPS) is 22.3. The molecule has 0 spiro atoms. The lowest BCUT2D eigenvalue weighted by atomic mass is 9.87. The zero-order valence-corrected chi connectivity index (χ0v) is 12.0. The highest BCUT2D eigenvalue weighted by Gasteiger charge is 2.27. The second-order valence-electron chi connectivity index (χ2n) is 6.56. The molecular formula is C15H29NO. The van der Waals surface area contributed by atoms with Gasteiger partial charge in [-0.3, -0.25) is 0 Å². The standard InChI is InChI=1S/C15H29NO/c1-14(2,3)16-12-15(4,17)13-10-8-6-5-7-9-11-13/h10,16-17H,5-9,11-12H2,1-4H3. The molecule has 2 nitrogen and oxygen atoms in total. The van der Waals surface area contributed by atoms with Crippen LogP contribution >= 0.6 is 0 Å². The Hall–Kier alpha value is -0.340. The highest BCUT2D eigenvalue weighted by atomic mass is 16.3. The number of β-amino-alcohol motifs (C(OH)–C–C–N with tert-alkyl or cyclic N) is 1. The molecule has 0 aliphatic heterocycles. The van der Waals surface area contributed by atoms with E-state index in [0.29, 0.717) is 6.54 Å². The zero-order chi connectivity index (χ0) is 12.9. The second-order valence-corrected chi connectivity index (χ2v) is 6.56. The largest absolute Gasteiger partial charge is 0.384 e. The molecule has 2 heteroatoms. The minimum atomic E-state index is -0.690. The molecule has 100 valence electrons. The molecule has 0 saturated carbocycles. The summed E-state index contributed by atoms with van der Waals surface area (Å²) in [7, 11) is 0. The molecule has 0 aromatic rings. The lowest BCUT2D eigenvalue weighted by molar-refractivity contribution is 0.0849. The molecule has 1 rings (SSSR count). The SMILES string of the molecule is CC(C)(C)NCC(C)(O)C1=CCCCCCC1. The number of rotatable bonds is 3. The quantitative estimate of drug-likeness (QED) is 0.740. The van der Waals surface area contributed by atoms with Crippen LogP contribution in [-0.4, -0.2) is 22.8 Å². The number of hydrogen-bond acceptors (Lipinski definition) is 2. The van der Waals surface area contributed by atoms with Crippen LogP contribution in [0.1, 0.15) is 66.2 Å². The minimum absolute atomic E-state index is 0.0617. The molecule has 0 fully saturated rings. The molecule has 2 N–H and O–H groups in total. The van der Waals surface area contributed by atoms with Gasteiger partial charge in [0.1, 0.15) is 0 Å². The van der Waals surface area contributed by atoms with Crippen LogP contribution in [0.2, 0.25) is 0 Å². The van der Waals surface area contributed by atoms with E-state index in [4.69, 9.17) is 0 Å². The molecule has 0 aromatic carbocycles. The van der Waals surface area contributed by atoms with Crippen LogP contribution in [-0.2, 0) is 0 Å². The molecule has 0 radical (unpaired) electrons. The first-order valence-electron chi connectivity index (χ1n) is 6.98. The van der Waals surface area contributed by atoms with Gasteiger partial charge in [0.2, 0.25) is 0 Å². The summed E-state index contributed by atoms with van der Waals surface area (Å²) in [5.74, 6) is 0. The van der Waals surface area contributed by atoms with Gasteiger partial charge in [0, 0.05) is 12.1 Å². The molecule has 0 amide bonds. The summed E-state index contributed by atoms with van der Waals surface area (Å²) < 4.78 is 0. The number of hydrogen-bond donors (Lipinski definition) is 2. The molecular weight excluding hydrogens is 210 g/mol. The predicted octanol–water partition coefficient (Wildman–Crippen LogP) is 3.41. The first-order valence-corrected chi connectivity index (χ1v) is 6.98. The van der Waals surface area contributed by atoms with Crippen molar-refractivity contribution in [1.82, 2.24) is 5.32 Å². The van der Waals surface area contributed by atoms with E-state index in [1.165, 1.54) is 31.3 Å². The van der Waals surface area contributed by atoms with Gasteiger partial charge in [-0.2, -0.15) is 0 Å². The van der Waals surface area contributed by atoms with Gasteiger partial charge in [0.05, 0.1) is 5.60 Å². The van der Waals surface area contributed by atoms with Gasteiger partial charge in [-0.05, 0) is 59.0 Å². The van der Waals surface area contributed by atoms with Crippen molar-refractivity contribution in [2.45, 2.75) is 77.4 Å². The summed E-state index contributed by atoms with van der Waals surface area (Å²) in [5, 5.41) is 14.0. The number of allylic oxidation sites excluding steroid dienone is 1. The molecule has 17 heavy (non-hydrogen) atoms. The van der Waals surface area contributed by atoms with Gasteiger partial charge < -0.3 is 10.4 Å². The molecule has 0 bridgehead atoms. The van der Waals surface area contributed by atoms with E-state index in [9.17, 15) is 5.11 Å². The Morgan fingerprint density at radius 1 is 1.12 bits per heavy atom. The predicted molar refractivity (Wildman–Crippen MR) is 74.2 cm³/mol. The van der Waals surface area contributed by atoms with Crippen molar-refractivity contribution in [3.63, 3.8) is 0 Å². The molecule has 1 aliphatic rings. The van der Waals surface area contributed by atoms with Crippen molar-refractivity contribution in [3.8, 4) is 0 Å². The van der Waals surface area contributed by atoms with Gasteiger partial charge in [-0.15, -0.1) is 0 Å². The molecule has 1 aliphatic carbocycles. The van der Waals surface area contributed by atoms with Crippen molar-refractivity contribution in [2.75, 3.05) is 6.54 Å². The van der Waals surface area contributed by atoms with Gasteiger partial charge in [0.15, 0.2) is 0 Å². The fraction of sp³-hybridized carbons (Fsp3) is 0.867. The van der Waals surface area contributed by atoms with Gasteiger partial charge >= 0.3 is 0 Å². The minimum Gasteiger partial charge on any atom is -0.384 e. The Kier molecular flexibility index (Phi) is 5.21. The van der Waals surface area contributed by atoms with Crippen LogP contribution in [0, 0.1) is 0 Å². The average molecular weight is 239 g/mol. The van der Waals surface area contributed by atoms with Gasteiger partial charge in [-0.25, -0.2) is 0 Å². The van der Waals surface area contributed by atoms with Crippen LogP contribution < -0.4 is 5.32 Å². The third-order valence-corrected chi connectivity index (χ3v) is 3.45. The van der Waals surface area contributed by atoms with Gasteiger partial charge in [0.25, 0.3) is 0 Å². The maximum absolute atomic E-state index is 10.6. The Morgan fingerprint density at radius 2 is 1.76 bits per heavy atom. The zero-order valence-electron chi connectivity index (χ0n) is 12.0. The monoisotopic (exact) mass is 239 g/mol. The Bertz CT molecular complexity index is 261. The molecule has 1 unspecified atom stereocenters. The van der Waals surface area contributed by atoms with Crippen molar-refractivity contribution in [1.29, 1.82) is 0 Å². The van der Waals surface area contributed by atoms with E-state index in [2.05, 4.69) is 32.2 Å². The lowest BCUT2D eigenvalue weighted by Crippen LogP contribution is -2.47. The van der Waals surface area contributed by atoms with E-state index in [-0.39, 0.29) is 5.54 Å². The first kappa shape index (κ1) is 14.7. The summed E-state index contributed by atoms with van der Waals surface area (Å²) in [6.07, 6.45) is 9.58. The highest BCUT2D eigenvalue weighted by molar-refractivity contribution is 5.17. The summed E-state index contributed by atoms with van der Waals surface area (Å²) in [6, 6.07) is 0. The van der Waals surface area contributed by atoms with E-state index in [1.54, 1.807) is 0 Å². The third-order valence-electron chi connectivity index (χ3n) is 3.45. The molecule has 0 heterocycles. The smallest absolute Gasteiger partial charge is 0.0952 e. The third kappa shape index (κ3) is 5.69. The van der Waals surface area contributed by atoms with Crippen molar-refractivity contribution >= 4 is 0 Å². The lowest BCUT2D eigenvalue weighted by Gasteiger charge is -2.32.